The second-order valence-electron chi connectivity index (χ2n) is 7.72. The molecule has 3 aromatic rings. The van der Waals surface area contributed by atoms with Crippen LogP contribution in [0.5, 0.6) is 0 Å². The Morgan fingerprint density at radius 2 is 1.55 bits per heavy atom. The van der Waals surface area contributed by atoms with E-state index in [-0.39, 0.29) is 11.5 Å². The highest BCUT2D eigenvalue weighted by molar-refractivity contribution is 5.95. The summed E-state index contributed by atoms with van der Waals surface area (Å²) in [5.41, 5.74) is 7.31. The normalized spacial score (nSPS) is 13.3. The van der Waals surface area contributed by atoms with Crippen molar-refractivity contribution in [1.29, 1.82) is 0 Å². The number of fused-ring (bicyclic) bond motifs is 1. The molecule has 2 heterocycles. The quantitative estimate of drug-likeness (QED) is 0.728. The first-order chi connectivity index (χ1) is 13.8. The van der Waals surface area contributed by atoms with E-state index in [0.29, 0.717) is 18.7 Å². The molecule has 0 atom stereocenters. The molecule has 1 aromatic heterocycles. The van der Waals surface area contributed by atoms with E-state index < -0.39 is 5.97 Å². The van der Waals surface area contributed by atoms with Crippen molar-refractivity contribution in [2.45, 2.75) is 33.7 Å². The topological polar surface area (TPSA) is 62.5 Å². The first-order valence-electron chi connectivity index (χ1n) is 9.75. The third-order valence-electron chi connectivity index (χ3n) is 5.72. The van der Waals surface area contributed by atoms with Crippen molar-refractivity contribution in [1.82, 2.24) is 9.47 Å². The van der Waals surface area contributed by atoms with Crippen LogP contribution in [0.25, 0.3) is 5.69 Å². The van der Waals surface area contributed by atoms with E-state index in [1.54, 1.807) is 17.0 Å². The van der Waals surface area contributed by atoms with E-state index in [9.17, 15) is 14.7 Å². The fourth-order valence-electron chi connectivity index (χ4n) is 4.08. The summed E-state index contributed by atoms with van der Waals surface area (Å²) in [4.78, 5) is 26.3. The van der Waals surface area contributed by atoms with E-state index in [1.165, 1.54) is 0 Å². The molecular weight excluding hydrogens is 364 g/mol. The summed E-state index contributed by atoms with van der Waals surface area (Å²) in [5, 5.41) is 9.25. The predicted octanol–water partition coefficient (Wildman–Crippen LogP) is 4.30. The molecule has 1 amide bonds. The Bertz CT molecular complexity index is 1110. The number of nitrogens with zero attached hydrogens (tertiary/aromatic N) is 2. The second kappa shape index (κ2) is 7.24. The Kier molecular flexibility index (Phi) is 4.74. The Morgan fingerprint density at radius 3 is 2.24 bits per heavy atom. The number of hydrogen-bond donors (Lipinski definition) is 1. The van der Waals surface area contributed by atoms with Crippen LogP contribution in [0.15, 0.2) is 48.5 Å². The zero-order valence-electron chi connectivity index (χ0n) is 16.9. The van der Waals surface area contributed by atoms with E-state index in [0.717, 1.165) is 40.2 Å². The number of carbonyl (C=O) groups excluding carboxylic acids is 1. The Balaban J connectivity index is 1.65. The number of rotatable bonds is 3. The lowest BCUT2D eigenvalue weighted by molar-refractivity contribution is 0.0696. The van der Waals surface area contributed by atoms with Crippen molar-refractivity contribution in [2.75, 3.05) is 6.54 Å². The molecular formula is C24H24N2O3. The number of aromatic nitrogens is 1. The first-order valence-corrected chi connectivity index (χ1v) is 9.75. The van der Waals surface area contributed by atoms with Crippen LogP contribution in [0.1, 0.15) is 48.8 Å². The van der Waals surface area contributed by atoms with Gasteiger partial charge in [-0.3, -0.25) is 4.79 Å². The third kappa shape index (κ3) is 3.44. The van der Waals surface area contributed by atoms with Crippen LogP contribution >= 0.6 is 0 Å². The van der Waals surface area contributed by atoms with Gasteiger partial charge in [-0.1, -0.05) is 12.1 Å². The van der Waals surface area contributed by atoms with E-state index in [1.807, 2.05) is 31.2 Å². The molecule has 5 nitrogen and oxygen atoms in total. The molecule has 2 aromatic carbocycles. The number of amides is 1. The van der Waals surface area contributed by atoms with Crippen molar-refractivity contribution in [3.05, 3.63) is 87.7 Å². The molecule has 0 unspecified atom stereocenters. The van der Waals surface area contributed by atoms with E-state index in [2.05, 4.69) is 30.5 Å². The SMILES string of the molecule is Cc1ccc(C(=O)N2CCc3ccc(C(=O)O)cc3C2)cc1-n1c(C)ccc1C. The molecule has 29 heavy (non-hydrogen) atoms. The van der Waals surface area contributed by atoms with Gasteiger partial charge in [-0.05, 0) is 80.3 Å². The Labute approximate surface area is 170 Å². The van der Waals surface area contributed by atoms with Gasteiger partial charge in [0.1, 0.15) is 0 Å². The summed E-state index contributed by atoms with van der Waals surface area (Å²) < 4.78 is 2.16. The Hall–Kier alpha value is -3.34. The monoisotopic (exact) mass is 388 g/mol. The van der Waals surface area contributed by atoms with Gasteiger partial charge in [-0.25, -0.2) is 4.79 Å². The van der Waals surface area contributed by atoms with Crippen LogP contribution in [-0.2, 0) is 13.0 Å². The molecule has 0 saturated carbocycles. The van der Waals surface area contributed by atoms with Gasteiger partial charge in [-0.15, -0.1) is 0 Å². The van der Waals surface area contributed by atoms with Crippen LogP contribution in [0.4, 0.5) is 0 Å². The maximum Gasteiger partial charge on any atom is 0.335 e. The van der Waals surface area contributed by atoms with E-state index >= 15 is 0 Å². The van der Waals surface area contributed by atoms with Gasteiger partial charge in [0.05, 0.1) is 5.56 Å². The number of benzene rings is 2. The molecule has 0 fully saturated rings. The summed E-state index contributed by atoms with van der Waals surface area (Å²) in [6.07, 6.45) is 0.732. The minimum absolute atomic E-state index is 0.0277. The predicted molar refractivity (Wildman–Crippen MR) is 112 cm³/mol. The number of hydrogen-bond acceptors (Lipinski definition) is 2. The maximum absolute atomic E-state index is 13.2. The summed E-state index contributed by atoms with van der Waals surface area (Å²) in [6.45, 7) is 7.22. The Morgan fingerprint density at radius 1 is 0.862 bits per heavy atom. The number of carboxylic acid groups (broad SMARTS) is 1. The number of aryl methyl sites for hydroxylation is 3. The summed E-state index contributed by atoms with van der Waals surface area (Å²) >= 11 is 0. The largest absolute Gasteiger partial charge is 0.478 e. The number of aromatic carboxylic acids is 1. The van der Waals surface area contributed by atoms with Gasteiger partial charge >= 0.3 is 5.97 Å². The highest BCUT2D eigenvalue weighted by atomic mass is 16.4. The standard InChI is InChI=1S/C24H24N2O3/c1-15-4-7-19(13-22(15)26-16(2)5-6-17(26)3)23(27)25-11-10-18-8-9-20(24(28)29)12-21(18)14-25/h4-9,12-13H,10-11,14H2,1-3H3,(H,28,29). The van der Waals surface area contributed by atoms with Gasteiger partial charge < -0.3 is 14.6 Å². The van der Waals surface area contributed by atoms with Gasteiger partial charge in [0.15, 0.2) is 0 Å². The lowest BCUT2D eigenvalue weighted by Crippen LogP contribution is -2.36. The number of carbonyl (C=O) groups is 2. The molecule has 4 rings (SSSR count). The molecule has 5 heteroatoms. The highest BCUT2D eigenvalue weighted by Gasteiger charge is 2.23. The molecule has 0 bridgehead atoms. The molecule has 0 spiro atoms. The fraction of sp³-hybridized carbons (Fsp3) is 0.250. The van der Waals surface area contributed by atoms with Crippen LogP contribution in [-0.4, -0.2) is 33.0 Å². The average molecular weight is 388 g/mol. The second-order valence-corrected chi connectivity index (χ2v) is 7.72. The average Bonchev–Trinajstić information content (AvgIpc) is 3.05. The first kappa shape index (κ1) is 19.0. The minimum Gasteiger partial charge on any atom is -0.478 e. The zero-order chi connectivity index (χ0) is 20.7. The molecule has 0 aliphatic carbocycles. The molecule has 1 N–H and O–H groups in total. The van der Waals surface area contributed by atoms with Crippen molar-refractivity contribution in [2.24, 2.45) is 0 Å². The summed E-state index contributed by atoms with van der Waals surface area (Å²) in [7, 11) is 0. The van der Waals surface area contributed by atoms with Gasteiger partial charge in [0, 0.05) is 35.7 Å². The van der Waals surface area contributed by atoms with Crippen molar-refractivity contribution >= 4 is 11.9 Å². The van der Waals surface area contributed by atoms with Crippen molar-refractivity contribution < 1.29 is 14.7 Å². The lowest BCUT2D eigenvalue weighted by Gasteiger charge is -2.29. The number of carboxylic acids is 1. The molecule has 0 saturated heterocycles. The highest BCUT2D eigenvalue weighted by Crippen LogP contribution is 2.25. The van der Waals surface area contributed by atoms with Gasteiger partial charge in [0.2, 0.25) is 0 Å². The van der Waals surface area contributed by atoms with Gasteiger partial charge in [-0.2, -0.15) is 0 Å². The van der Waals surface area contributed by atoms with Crippen LogP contribution < -0.4 is 0 Å². The minimum atomic E-state index is -0.947. The van der Waals surface area contributed by atoms with Gasteiger partial charge in [0.25, 0.3) is 5.91 Å². The summed E-state index contributed by atoms with van der Waals surface area (Å²) in [5.74, 6) is -0.975. The smallest absolute Gasteiger partial charge is 0.335 e. The van der Waals surface area contributed by atoms with Crippen molar-refractivity contribution in [3.63, 3.8) is 0 Å². The zero-order valence-corrected chi connectivity index (χ0v) is 16.9. The van der Waals surface area contributed by atoms with Crippen LogP contribution in [0, 0.1) is 20.8 Å². The molecule has 1 aliphatic rings. The van der Waals surface area contributed by atoms with Crippen molar-refractivity contribution in [3.8, 4) is 5.69 Å². The molecule has 1 aliphatic heterocycles. The fourth-order valence-corrected chi connectivity index (χ4v) is 4.08. The van der Waals surface area contributed by atoms with E-state index in [4.69, 9.17) is 0 Å². The summed E-state index contributed by atoms with van der Waals surface area (Å²) in [6, 6.07) is 15.1. The molecule has 148 valence electrons. The van der Waals surface area contributed by atoms with Crippen LogP contribution in [0.2, 0.25) is 0 Å². The molecule has 0 radical (unpaired) electrons. The van der Waals surface area contributed by atoms with Crippen LogP contribution in [0.3, 0.4) is 0 Å². The third-order valence-corrected chi connectivity index (χ3v) is 5.72. The lowest BCUT2D eigenvalue weighted by atomic mass is 9.96. The maximum atomic E-state index is 13.2.